The molecule has 1 fully saturated rings. The molecular weight excluding hydrogens is 358 g/mol. The lowest BCUT2D eigenvalue weighted by molar-refractivity contribution is -0.142. The monoisotopic (exact) mass is 377 g/mol. The number of hydrogen-bond donors (Lipinski definition) is 2. The molecule has 1 aromatic heterocycles. The summed E-state index contributed by atoms with van der Waals surface area (Å²) in [5.41, 5.74) is 2.04. The molecule has 0 bridgehead atoms. The van der Waals surface area contributed by atoms with Gasteiger partial charge in [0.15, 0.2) is 5.58 Å². The fourth-order valence-electron chi connectivity index (χ4n) is 4.02. The van der Waals surface area contributed by atoms with Crippen molar-refractivity contribution in [2.75, 3.05) is 11.9 Å². The van der Waals surface area contributed by atoms with Crippen molar-refractivity contribution in [2.45, 2.75) is 51.0 Å². The first-order valence-corrected chi connectivity index (χ1v) is 9.27. The number of halogens is 1. The molecule has 7 nitrogen and oxygen atoms in total. The van der Waals surface area contributed by atoms with Crippen molar-refractivity contribution in [1.82, 2.24) is 10.3 Å². The zero-order chi connectivity index (χ0) is 18.3. The molecule has 1 aliphatic carbocycles. The van der Waals surface area contributed by atoms with Crippen molar-refractivity contribution in [2.24, 2.45) is 0 Å². The minimum atomic E-state index is -0.514. The van der Waals surface area contributed by atoms with Crippen molar-refractivity contribution in [3.8, 4) is 0 Å². The van der Waals surface area contributed by atoms with Crippen molar-refractivity contribution in [3.05, 3.63) is 22.5 Å². The van der Waals surface area contributed by atoms with Crippen LogP contribution in [-0.4, -0.2) is 23.6 Å². The lowest BCUT2D eigenvalue weighted by Crippen LogP contribution is -2.52. The number of ether oxygens (including phenoxy) is 1. The lowest BCUT2D eigenvalue weighted by atomic mass is 9.74. The number of nitrogens with zero attached hydrogens (tertiary/aromatic N) is 1. The molecule has 26 heavy (non-hydrogen) atoms. The smallest absolute Gasteiger partial charge is 0.319 e. The fourth-order valence-corrected chi connectivity index (χ4v) is 4.27. The molecule has 0 saturated heterocycles. The number of esters is 1. The summed E-state index contributed by atoms with van der Waals surface area (Å²) in [6.45, 7) is 2.06. The fraction of sp³-hybridized carbons (Fsp3) is 0.500. The Labute approximate surface area is 155 Å². The summed E-state index contributed by atoms with van der Waals surface area (Å²) in [5, 5.41) is 6.31. The first kappa shape index (κ1) is 17.1. The second kappa shape index (κ2) is 6.46. The highest BCUT2D eigenvalue weighted by molar-refractivity contribution is 6.35. The van der Waals surface area contributed by atoms with Gasteiger partial charge in [-0.1, -0.05) is 30.9 Å². The number of anilines is 1. The Balaban J connectivity index is 1.86. The maximum Gasteiger partial charge on any atom is 0.319 e. The Morgan fingerprint density at radius 2 is 2.15 bits per heavy atom. The molecule has 4 rings (SSSR count). The molecular formula is C18H20ClN3O4. The lowest BCUT2D eigenvalue weighted by Gasteiger charge is -2.42. The molecule has 1 aliphatic heterocycles. The van der Waals surface area contributed by atoms with Crippen LogP contribution in [0.5, 0.6) is 0 Å². The summed E-state index contributed by atoms with van der Waals surface area (Å²) < 4.78 is 10.9. The van der Waals surface area contributed by atoms with Crippen molar-refractivity contribution >= 4 is 40.4 Å². The number of oxazole rings is 1. The number of carbonyl (C=O) groups excluding carboxylic acids is 2. The van der Waals surface area contributed by atoms with E-state index >= 15 is 0 Å². The van der Waals surface area contributed by atoms with Gasteiger partial charge in [0.25, 0.3) is 0 Å². The van der Waals surface area contributed by atoms with Gasteiger partial charge in [0.2, 0.25) is 5.89 Å². The molecule has 1 aromatic carbocycles. The van der Waals surface area contributed by atoms with Gasteiger partial charge in [0.1, 0.15) is 11.9 Å². The van der Waals surface area contributed by atoms with E-state index < -0.39 is 11.5 Å². The summed E-state index contributed by atoms with van der Waals surface area (Å²) in [7, 11) is 0. The Morgan fingerprint density at radius 3 is 2.88 bits per heavy atom. The van der Waals surface area contributed by atoms with Crippen LogP contribution in [0.4, 0.5) is 10.5 Å². The van der Waals surface area contributed by atoms with Crippen LogP contribution in [0.15, 0.2) is 10.5 Å². The van der Waals surface area contributed by atoms with Crippen LogP contribution < -0.4 is 10.6 Å². The predicted molar refractivity (Wildman–Crippen MR) is 96.3 cm³/mol. The molecule has 0 radical (unpaired) electrons. The summed E-state index contributed by atoms with van der Waals surface area (Å²) in [5.74, 6) is -0.108. The third-order valence-electron chi connectivity index (χ3n) is 5.05. The van der Waals surface area contributed by atoms with E-state index in [2.05, 4.69) is 15.6 Å². The maximum atomic E-state index is 12.2. The number of benzene rings is 1. The second-order valence-corrected chi connectivity index (χ2v) is 7.18. The van der Waals surface area contributed by atoms with Crippen LogP contribution in [-0.2, 0) is 21.5 Å². The topological polar surface area (TPSA) is 93.5 Å². The van der Waals surface area contributed by atoms with Gasteiger partial charge >= 0.3 is 12.0 Å². The maximum absolute atomic E-state index is 12.2. The standard InChI is InChI=1S/C18H20ClN3O4/c1-2-25-13(23)9-12-20-11-8-10(19)15-14(16(11)26-12)18(22-17(24)21-15)6-4-3-5-7-18/h8H,2-7,9H2,1H3,(H2,21,22,24). The highest BCUT2D eigenvalue weighted by atomic mass is 35.5. The first-order valence-electron chi connectivity index (χ1n) is 8.89. The van der Waals surface area contributed by atoms with E-state index in [0.717, 1.165) is 37.7 Å². The molecule has 138 valence electrons. The van der Waals surface area contributed by atoms with Gasteiger partial charge in [-0.3, -0.25) is 4.79 Å². The third kappa shape index (κ3) is 2.80. The van der Waals surface area contributed by atoms with Gasteiger partial charge in [-0.05, 0) is 25.8 Å². The number of fused-ring (bicyclic) bond motifs is 4. The molecule has 2 N–H and O–H groups in total. The highest BCUT2D eigenvalue weighted by Crippen LogP contribution is 2.48. The Hall–Kier alpha value is -2.28. The van der Waals surface area contributed by atoms with Crippen molar-refractivity contribution < 1.29 is 18.7 Å². The number of aromatic nitrogens is 1. The van der Waals surface area contributed by atoms with E-state index in [1.54, 1.807) is 13.0 Å². The summed E-state index contributed by atoms with van der Waals surface area (Å²) in [6.07, 6.45) is 4.75. The SMILES string of the molecule is CCOC(=O)Cc1nc2cc(Cl)c3c(c2o1)C1(CCCCC1)NC(=O)N3. The van der Waals surface area contributed by atoms with E-state index in [4.69, 9.17) is 20.8 Å². The molecule has 2 heterocycles. The van der Waals surface area contributed by atoms with Crippen LogP contribution in [0.25, 0.3) is 11.1 Å². The predicted octanol–water partition coefficient (Wildman–Crippen LogP) is 3.88. The van der Waals surface area contributed by atoms with Gasteiger partial charge < -0.3 is 19.8 Å². The van der Waals surface area contributed by atoms with E-state index in [0.29, 0.717) is 28.4 Å². The molecule has 0 atom stereocenters. The van der Waals surface area contributed by atoms with E-state index in [1.165, 1.54) is 0 Å². The first-order chi connectivity index (χ1) is 12.5. The molecule has 8 heteroatoms. The van der Waals surface area contributed by atoms with Gasteiger partial charge in [0.05, 0.1) is 22.9 Å². The molecule has 1 saturated carbocycles. The third-order valence-corrected chi connectivity index (χ3v) is 5.35. The number of urea groups is 1. The van der Waals surface area contributed by atoms with Crippen LogP contribution in [0, 0.1) is 0 Å². The molecule has 2 aliphatic rings. The largest absolute Gasteiger partial charge is 0.466 e. The van der Waals surface area contributed by atoms with Gasteiger partial charge in [0, 0.05) is 5.56 Å². The van der Waals surface area contributed by atoms with Gasteiger partial charge in [-0.25, -0.2) is 9.78 Å². The molecule has 2 amide bonds. The van der Waals surface area contributed by atoms with Gasteiger partial charge in [-0.2, -0.15) is 0 Å². The number of rotatable bonds is 3. The number of amides is 2. The number of hydrogen-bond acceptors (Lipinski definition) is 5. The average Bonchev–Trinajstić information content (AvgIpc) is 2.97. The number of nitrogens with one attached hydrogen (secondary N) is 2. The second-order valence-electron chi connectivity index (χ2n) is 6.77. The Morgan fingerprint density at radius 1 is 1.38 bits per heavy atom. The minimum absolute atomic E-state index is 0.0400. The zero-order valence-corrected chi connectivity index (χ0v) is 15.2. The minimum Gasteiger partial charge on any atom is -0.466 e. The normalized spacial score (nSPS) is 18.3. The van der Waals surface area contributed by atoms with E-state index in [-0.39, 0.29) is 18.3 Å². The Kier molecular flexibility index (Phi) is 4.26. The van der Waals surface area contributed by atoms with Crippen LogP contribution in [0.3, 0.4) is 0 Å². The van der Waals surface area contributed by atoms with E-state index in [9.17, 15) is 9.59 Å². The van der Waals surface area contributed by atoms with Crippen molar-refractivity contribution in [3.63, 3.8) is 0 Å². The summed E-state index contributed by atoms with van der Waals surface area (Å²) >= 11 is 6.44. The molecule has 0 unspecified atom stereocenters. The zero-order valence-electron chi connectivity index (χ0n) is 14.5. The molecule has 2 aromatic rings. The molecule has 1 spiro atoms. The van der Waals surface area contributed by atoms with Crippen LogP contribution in [0.2, 0.25) is 5.02 Å². The summed E-state index contributed by atoms with van der Waals surface area (Å²) in [4.78, 5) is 28.4. The number of carbonyl (C=O) groups is 2. The van der Waals surface area contributed by atoms with Crippen molar-refractivity contribution in [1.29, 1.82) is 0 Å². The van der Waals surface area contributed by atoms with Crippen LogP contribution >= 0.6 is 11.6 Å². The van der Waals surface area contributed by atoms with Crippen LogP contribution in [0.1, 0.15) is 50.5 Å². The summed E-state index contributed by atoms with van der Waals surface area (Å²) in [6, 6.07) is 1.41. The van der Waals surface area contributed by atoms with E-state index in [1.807, 2.05) is 0 Å². The van der Waals surface area contributed by atoms with Gasteiger partial charge in [-0.15, -0.1) is 0 Å². The Bertz CT molecular complexity index is 886. The average molecular weight is 378 g/mol. The quantitative estimate of drug-likeness (QED) is 0.791. The highest BCUT2D eigenvalue weighted by Gasteiger charge is 2.44.